The van der Waals surface area contributed by atoms with Gasteiger partial charge in [-0.25, -0.2) is 4.79 Å². The number of carbonyl (C=O) groups is 2. The van der Waals surface area contributed by atoms with E-state index in [0.29, 0.717) is 6.42 Å². The molecule has 114 valence electrons. The van der Waals surface area contributed by atoms with Crippen molar-refractivity contribution >= 4 is 33.5 Å². The van der Waals surface area contributed by atoms with E-state index in [2.05, 4.69) is 21.2 Å². The molecule has 0 spiro atoms. The van der Waals surface area contributed by atoms with Crippen molar-refractivity contribution in [1.82, 2.24) is 5.32 Å². The minimum Gasteiger partial charge on any atom is -0.480 e. The van der Waals surface area contributed by atoms with Crippen molar-refractivity contribution < 1.29 is 19.6 Å². The number of nitro groups is 1. The third kappa shape index (κ3) is 4.25. The largest absolute Gasteiger partial charge is 0.480 e. The van der Waals surface area contributed by atoms with Crippen LogP contribution in [0.4, 0.5) is 5.69 Å². The number of nitrogens with zero attached hydrogens (tertiary/aromatic N) is 1. The Morgan fingerprint density at radius 1 is 1.48 bits per heavy atom. The van der Waals surface area contributed by atoms with Crippen molar-refractivity contribution in [3.8, 4) is 0 Å². The first-order chi connectivity index (χ1) is 9.77. The van der Waals surface area contributed by atoms with Crippen LogP contribution in [-0.4, -0.2) is 27.9 Å². The molecular formula is C13H15BrN2O5. The van der Waals surface area contributed by atoms with Crippen LogP contribution in [0.5, 0.6) is 0 Å². The fourth-order valence-corrected chi connectivity index (χ4v) is 2.09. The van der Waals surface area contributed by atoms with E-state index in [9.17, 15) is 19.7 Å². The van der Waals surface area contributed by atoms with Gasteiger partial charge in [-0.2, -0.15) is 0 Å². The second-order valence-corrected chi connectivity index (χ2v) is 5.45. The summed E-state index contributed by atoms with van der Waals surface area (Å²) in [5, 5.41) is 22.4. The number of carbonyl (C=O) groups excluding carboxylic acids is 1. The van der Waals surface area contributed by atoms with Gasteiger partial charge in [0.05, 0.1) is 9.40 Å². The number of nitrogens with one attached hydrogen (secondary N) is 1. The lowest BCUT2D eigenvalue weighted by molar-refractivity contribution is -0.385. The Labute approximate surface area is 129 Å². The average molecular weight is 359 g/mol. The molecule has 0 radical (unpaired) electrons. The van der Waals surface area contributed by atoms with Crippen LogP contribution in [0.3, 0.4) is 0 Å². The summed E-state index contributed by atoms with van der Waals surface area (Å²) in [6, 6.07) is 2.84. The molecule has 0 saturated carbocycles. The summed E-state index contributed by atoms with van der Waals surface area (Å²) in [6.45, 7) is 3.53. The van der Waals surface area contributed by atoms with Crippen LogP contribution in [0.25, 0.3) is 0 Å². The summed E-state index contributed by atoms with van der Waals surface area (Å²) in [5.74, 6) is -2.04. The lowest BCUT2D eigenvalue weighted by Crippen LogP contribution is -2.45. The van der Waals surface area contributed by atoms with Crippen molar-refractivity contribution in [1.29, 1.82) is 0 Å². The number of amides is 1. The molecule has 0 saturated heterocycles. The van der Waals surface area contributed by atoms with Crippen LogP contribution in [0.1, 0.15) is 30.6 Å². The quantitative estimate of drug-likeness (QED) is 0.599. The van der Waals surface area contributed by atoms with E-state index >= 15 is 0 Å². The third-order valence-electron chi connectivity index (χ3n) is 3.17. The Morgan fingerprint density at radius 2 is 2.10 bits per heavy atom. The Kier molecular flexibility index (Phi) is 5.83. The fraction of sp³-hybridized carbons (Fsp3) is 0.385. The highest BCUT2D eigenvalue weighted by Crippen LogP contribution is 2.25. The topological polar surface area (TPSA) is 110 Å². The summed E-state index contributed by atoms with van der Waals surface area (Å²) in [6.07, 6.45) is 0.581. The second-order valence-electron chi connectivity index (χ2n) is 4.60. The van der Waals surface area contributed by atoms with Gasteiger partial charge in [0, 0.05) is 11.6 Å². The van der Waals surface area contributed by atoms with E-state index < -0.39 is 22.8 Å². The monoisotopic (exact) mass is 358 g/mol. The highest BCUT2D eigenvalue weighted by atomic mass is 79.9. The van der Waals surface area contributed by atoms with E-state index in [1.165, 1.54) is 12.1 Å². The van der Waals surface area contributed by atoms with Crippen molar-refractivity contribution in [3.63, 3.8) is 0 Å². The SMILES string of the molecule is CC[C@H](C)[C@H](NC(=O)c1ccc(Br)c([N+](=O)[O-])c1)C(=O)O. The molecule has 1 aromatic rings. The van der Waals surface area contributed by atoms with E-state index in [1.807, 2.05) is 6.92 Å². The zero-order chi connectivity index (χ0) is 16.2. The third-order valence-corrected chi connectivity index (χ3v) is 3.84. The first-order valence-corrected chi connectivity index (χ1v) is 7.04. The van der Waals surface area contributed by atoms with Gasteiger partial charge in [-0.1, -0.05) is 20.3 Å². The van der Waals surface area contributed by atoms with Crippen LogP contribution in [-0.2, 0) is 4.79 Å². The summed E-state index contributed by atoms with van der Waals surface area (Å²) < 4.78 is 0.251. The van der Waals surface area contributed by atoms with Crippen molar-refractivity contribution in [2.24, 2.45) is 5.92 Å². The highest BCUT2D eigenvalue weighted by Gasteiger charge is 2.26. The van der Waals surface area contributed by atoms with Gasteiger partial charge in [0.15, 0.2) is 0 Å². The van der Waals surface area contributed by atoms with Gasteiger partial charge >= 0.3 is 5.97 Å². The summed E-state index contributed by atoms with van der Waals surface area (Å²) >= 11 is 3.02. The first kappa shape index (κ1) is 17.1. The maximum absolute atomic E-state index is 12.1. The number of carboxylic acid groups (broad SMARTS) is 1. The molecule has 1 rings (SSSR count). The fourth-order valence-electron chi connectivity index (χ4n) is 1.70. The number of aliphatic carboxylic acids is 1. The molecule has 21 heavy (non-hydrogen) atoms. The lowest BCUT2D eigenvalue weighted by atomic mass is 9.99. The molecule has 7 nitrogen and oxygen atoms in total. The van der Waals surface area contributed by atoms with E-state index in [4.69, 9.17) is 5.11 Å². The molecule has 1 aromatic carbocycles. The van der Waals surface area contributed by atoms with Crippen LogP contribution in [0.15, 0.2) is 22.7 Å². The van der Waals surface area contributed by atoms with Crippen molar-refractivity contribution in [2.45, 2.75) is 26.3 Å². The van der Waals surface area contributed by atoms with Gasteiger partial charge in [0.1, 0.15) is 6.04 Å². The summed E-state index contributed by atoms with van der Waals surface area (Å²) in [7, 11) is 0. The normalized spacial score (nSPS) is 13.3. The van der Waals surface area contributed by atoms with Gasteiger partial charge in [-0.05, 0) is 34.0 Å². The number of carboxylic acids is 1. The molecular weight excluding hydrogens is 344 g/mol. The van der Waals surface area contributed by atoms with E-state index in [-0.39, 0.29) is 21.6 Å². The van der Waals surface area contributed by atoms with Gasteiger partial charge in [0.2, 0.25) is 0 Å². The van der Waals surface area contributed by atoms with Crippen LogP contribution in [0, 0.1) is 16.0 Å². The molecule has 2 N–H and O–H groups in total. The molecule has 0 bridgehead atoms. The van der Waals surface area contributed by atoms with Crippen molar-refractivity contribution in [3.05, 3.63) is 38.3 Å². The molecule has 8 heteroatoms. The molecule has 0 heterocycles. The molecule has 0 unspecified atom stereocenters. The van der Waals surface area contributed by atoms with Gasteiger partial charge < -0.3 is 10.4 Å². The Morgan fingerprint density at radius 3 is 2.57 bits per heavy atom. The number of hydrogen-bond acceptors (Lipinski definition) is 4. The minimum absolute atomic E-state index is 0.0412. The minimum atomic E-state index is -1.13. The zero-order valence-corrected chi connectivity index (χ0v) is 13.1. The van der Waals surface area contributed by atoms with E-state index in [0.717, 1.165) is 6.07 Å². The molecule has 0 fully saturated rings. The Hall–Kier alpha value is -1.96. The Bertz CT molecular complexity index is 576. The van der Waals surface area contributed by atoms with Crippen LogP contribution < -0.4 is 5.32 Å². The highest BCUT2D eigenvalue weighted by molar-refractivity contribution is 9.10. The Balaban J connectivity index is 3.00. The van der Waals surface area contributed by atoms with Gasteiger partial charge in [0.25, 0.3) is 11.6 Å². The predicted octanol–water partition coefficient (Wildman–Crippen LogP) is 2.59. The molecule has 2 atom stereocenters. The predicted molar refractivity (Wildman–Crippen MR) is 79.1 cm³/mol. The lowest BCUT2D eigenvalue weighted by Gasteiger charge is -2.20. The summed E-state index contributed by atoms with van der Waals surface area (Å²) in [4.78, 5) is 33.4. The molecule has 1 amide bonds. The number of rotatable bonds is 6. The molecule has 0 aliphatic heterocycles. The number of halogens is 1. The average Bonchev–Trinajstić information content (AvgIpc) is 2.43. The zero-order valence-electron chi connectivity index (χ0n) is 11.5. The first-order valence-electron chi connectivity index (χ1n) is 6.25. The number of nitro benzene ring substituents is 1. The standard InChI is InChI=1S/C13H15BrN2O5/c1-3-7(2)11(13(18)19)15-12(17)8-4-5-9(14)10(6-8)16(20)21/h4-7,11H,3H2,1-2H3,(H,15,17)(H,18,19)/t7-,11-/m0/s1. The van der Waals surface area contributed by atoms with E-state index in [1.54, 1.807) is 6.92 Å². The van der Waals surface area contributed by atoms with Crippen molar-refractivity contribution in [2.75, 3.05) is 0 Å². The molecule has 0 aliphatic carbocycles. The second kappa shape index (κ2) is 7.16. The van der Waals surface area contributed by atoms with Gasteiger partial charge in [-0.3, -0.25) is 14.9 Å². The number of benzene rings is 1. The summed E-state index contributed by atoms with van der Waals surface area (Å²) in [5.41, 5.74) is -0.211. The smallest absolute Gasteiger partial charge is 0.326 e. The maximum Gasteiger partial charge on any atom is 0.326 e. The maximum atomic E-state index is 12.1. The van der Waals surface area contributed by atoms with Gasteiger partial charge in [-0.15, -0.1) is 0 Å². The van der Waals surface area contributed by atoms with Crippen LogP contribution >= 0.6 is 15.9 Å². The number of hydrogen-bond donors (Lipinski definition) is 2. The molecule has 0 aliphatic rings. The molecule has 0 aromatic heterocycles. The van der Waals surface area contributed by atoms with Crippen LogP contribution in [0.2, 0.25) is 0 Å².